The quantitative estimate of drug-likeness (QED) is 0.920. The Bertz CT molecular complexity index is 654. The van der Waals surface area contributed by atoms with E-state index >= 15 is 0 Å². The van der Waals surface area contributed by atoms with Crippen LogP contribution < -0.4 is 5.32 Å². The van der Waals surface area contributed by atoms with Crippen LogP contribution in [0.15, 0.2) is 42.5 Å². The van der Waals surface area contributed by atoms with E-state index in [4.69, 9.17) is 0 Å². The van der Waals surface area contributed by atoms with E-state index in [1.54, 1.807) is 13.1 Å². The Morgan fingerprint density at radius 2 is 1.95 bits per heavy atom. The molecule has 4 nitrogen and oxygen atoms in total. The molecule has 0 bridgehead atoms. The van der Waals surface area contributed by atoms with Gasteiger partial charge in [-0.3, -0.25) is 4.79 Å². The van der Waals surface area contributed by atoms with E-state index in [-0.39, 0.29) is 5.91 Å². The number of nitrogens with one attached hydrogen (secondary N) is 1. The topological polar surface area (TPSA) is 45.2 Å². The van der Waals surface area contributed by atoms with E-state index in [2.05, 4.69) is 28.5 Å². The summed E-state index contributed by atoms with van der Waals surface area (Å²) in [5, 5.41) is 2.97. The molecule has 1 aromatic carbocycles. The van der Waals surface area contributed by atoms with Crippen LogP contribution in [0.2, 0.25) is 0 Å². The molecule has 1 aliphatic heterocycles. The average molecular weight is 281 g/mol. The van der Waals surface area contributed by atoms with Crippen LogP contribution in [0.5, 0.6) is 0 Å². The largest absolute Gasteiger partial charge is 0.373 e. The molecule has 0 saturated carbocycles. The smallest absolute Gasteiger partial charge is 0.272 e. The van der Waals surface area contributed by atoms with Crippen molar-refractivity contribution in [3.05, 3.63) is 59.3 Å². The molecule has 0 unspecified atom stereocenters. The third kappa shape index (κ3) is 2.89. The molecule has 0 atom stereocenters. The predicted octanol–water partition coefficient (Wildman–Crippen LogP) is 2.71. The van der Waals surface area contributed by atoms with E-state index in [0.717, 1.165) is 25.2 Å². The summed E-state index contributed by atoms with van der Waals surface area (Å²) in [5.41, 5.74) is 3.10. The van der Waals surface area contributed by atoms with Crippen LogP contribution in [0.3, 0.4) is 0 Å². The second-order valence-electron chi connectivity index (χ2n) is 5.26. The van der Waals surface area contributed by atoms with Crippen molar-refractivity contribution in [2.24, 2.45) is 0 Å². The third-order valence-electron chi connectivity index (χ3n) is 3.87. The first-order valence-electron chi connectivity index (χ1n) is 7.29. The fourth-order valence-corrected chi connectivity index (χ4v) is 2.73. The molecule has 0 saturated heterocycles. The number of amides is 1. The van der Waals surface area contributed by atoms with Crippen molar-refractivity contribution in [3.8, 4) is 0 Å². The summed E-state index contributed by atoms with van der Waals surface area (Å²) in [6.07, 6.45) is 2.03. The number of aromatic nitrogens is 1. The van der Waals surface area contributed by atoms with Crippen LogP contribution in [0, 0.1) is 0 Å². The highest BCUT2D eigenvalue weighted by Gasteiger charge is 2.21. The van der Waals surface area contributed by atoms with Gasteiger partial charge in [0, 0.05) is 20.1 Å². The lowest BCUT2D eigenvalue weighted by molar-refractivity contribution is 0.0740. The van der Waals surface area contributed by atoms with Gasteiger partial charge in [-0.25, -0.2) is 4.98 Å². The van der Waals surface area contributed by atoms with E-state index in [1.165, 1.54) is 11.1 Å². The highest BCUT2D eigenvalue weighted by atomic mass is 16.2. The molecule has 1 aliphatic rings. The van der Waals surface area contributed by atoms with Gasteiger partial charge in [0.1, 0.15) is 11.5 Å². The molecular weight excluding hydrogens is 262 g/mol. The average Bonchev–Trinajstić information content (AvgIpc) is 2.76. The maximum Gasteiger partial charge on any atom is 0.272 e. The third-order valence-corrected chi connectivity index (χ3v) is 3.87. The second kappa shape index (κ2) is 5.95. The molecule has 4 heteroatoms. The maximum atomic E-state index is 12.7. The Kier molecular flexibility index (Phi) is 3.86. The molecule has 0 fully saturated rings. The number of carbonyl (C=O) groups is 1. The predicted molar refractivity (Wildman–Crippen MR) is 83.3 cm³/mol. The number of rotatable bonds is 2. The lowest BCUT2D eigenvalue weighted by atomic mass is 10.0. The van der Waals surface area contributed by atoms with Gasteiger partial charge in [0.2, 0.25) is 0 Å². The van der Waals surface area contributed by atoms with Crippen LogP contribution in [-0.2, 0) is 13.0 Å². The Morgan fingerprint density at radius 1 is 1.14 bits per heavy atom. The van der Waals surface area contributed by atoms with Crippen LogP contribution in [-0.4, -0.2) is 29.4 Å². The summed E-state index contributed by atoms with van der Waals surface area (Å²) in [6.45, 7) is 1.44. The van der Waals surface area contributed by atoms with Crippen LogP contribution in [0.4, 0.5) is 5.82 Å². The van der Waals surface area contributed by atoms with Crippen LogP contribution in [0.1, 0.15) is 28.0 Å². The zero-order chi connectivity index (χ0) is 14.7. The first-order chi connectivity index (χ1) is 10.3. The van der Waals surface area contributed by atoms with E-state index in [0.29, 0.717) is 12.2 Å². The molecule has 1 N–H and O–H groups in total. The number of aryl methyl sites for hydroxylation is 1. The van der Waals surface area contributed by atoms with Crippen molar-refractivity contribution >= 4 is 11.7 Å². The highest BCUT2D eigenvalue weighted by molar-refractivity contribution is 5.92. The van der Waals surface area contributed by atoms with Gasteiger partial charge in [-0.1, -0.05) is 30.3 Å². The van der Waals surface area contributed by atoms with Crippen LogP contribution >= 0.6 is 0 Å². The van der Waals surface area contributed by atoms with Gasteiger partial charge < -0.3 is 10.2 Å². The monoisotopic (exact) mass is 281 g/mol. The van der Waals surface area contributed by atoms with E-state index in [9.17, 15) is 4.79 Å². The molecular formula is C17H19N3O. The second-order valence-corrected chi connectivity index (χ2v) is 5.26. The maximum absolute atomic E-state index is 12.7. The molecule has 1 amide bonds. The summed E-state index contributed by atoms with van der Waals surface area (Å²) in [4.78, 5) is 18.9. The van der Waals surface area contributed by atoms with E-state index < -0.39 is 0 Å². The number of nitrogens with zero attached hydrogens (tertiary/aromatic N) is 2. The Labute approximate surface area is 124 Å². The molecule has 108 valence electrons. The lowest BCUT2D eigenvalue weighted by Crippen LogP contribution is -2.31. The summed E-state index contributed by atoms with van der Waals surface area (Å²) >= 11 is 0. The molecule has 2 aromatic rings. The number of benzene rings is 1. The van der Waals surface area contributed by atoms with Gasteiger partial charge in [0.15, 0.2) is 0 Å². The summed E-state index contributed by atoms with van der Waals surface area (Å²) in [6, 6.07) is 13.9. The van der Waals surface area contributed by atoms with Gasteiger partial charge in [-0.2, -0.15) is 0 Å². The number of fused-ring (bicyclic) bond motifs is 1. The number of pyridine rings is 1. The molecule has 0 radical (unpaired) electrons. The normalized spacial score (nSPS) is 14.2. The van der Waals surface area contributed by atoms with Gasteiger partial charge in [0.05, 0.1) is 0 Å². The SMILES string of the molecule is CNc1cccc(C(=O)N2CCCc3ccccc3C2)n1. The standard InChI is InChI=1S/C17H19N3O/c1-18-16-10-4-9-15(19-16)17(21)20-11-5-8-13-6-2-3-7-14(13)12-20/h2-4,6-7,9-10H,5,8,11-12H2,1H3,(H,18,19). The van der Waals surface area contributed by atoms with E-state index in [1.807, 2.05) is 23.1 Å². The van der Waals surface area contributed by atoms with Gasteiger partial charge in [-0.05, 0) is 36.1 Å². The first-order valence-corrected chi connectivity index (χ1v) is 7.29. The number of anilines is 1. The van der Waals surface area contributed by atoms with Crippen molar-refractivity contribution in [1.29, 1.82) is 0 Å². The van der Waals surface area contributed by atoms with Crippen molar-refractivity contribution in [2.75, 3.05) is 18.9 Å². The molecule has 3 rings (SSSR count). The fraction of sp³-hybridized carbons (Fsp3) is 0.294. The Morgan fingerprint density at radius 3 is 2.76 bits per heavy atom. The van der Waals surface area contributed by atoms with Crippen molar-refractivity contribution in [3.63, 3.8) is 0 Å². The van der Waals surface area contributed by atoms with Crippen molar-refractivity contribution in [2.45, 2.75) is 19.4 Å². The number of carbonyl (C=O) groups excluding carboxylic acids is 1. The highest BCUT2D eigenvalue weighted by Crippen LogP contribution is 2.20. The fourth-order valence-electron chi connectivity index (χ4n) is 2.73. The minimum atomic E-state index is 0.00352. The summed E-state index contributed by atoms with van der Waals surface area (Å²) < 4.78 is 0. The summed E-state index contributed by atoms with van der Waals surface area (Å²) in [7, 11) is 1.80. The number of hydrogen-bond acceptors (Lipinski definition) is 3. The minimum Gasteiger partial charge on any atom is -0.373 e. The lowest BCUT2D eigenvalue weighted by Gasteiger charge is -2.20. The molecule has 1 aromatic heterocycles. The summed E-state index contributed by atoms with van der Waals surface area (Å²) in [5.74, 6) is 0.722. The van der Waals surface area contributed by atoms with Gasteiger partial charge >= 0.3 is 0 Å². The zero-order valence-corrected chi connectivity index (χ0v) is 12.2. The zero-order valence-electron chi connectivity index (χ0n) is 12.2. The van der Waals surface area contributed by atoms with Crippen molar-refractivity contribution < 1.29 is 4.79 Å². The Hall–Kier alpha value is -2.36. The van der Waals surface area contributed by atoms with Crippen molar-refractivity contribution in [1.82, 2.24) is 9.88 Å². The van der Waals surface area contributed by atoms with Crippen LogP contribution in [0.25, 0.3) is 0 Å². The number of hydrogen-bond donors (Lipinski definition) is 1. The first kappa shape index (κ1) is 13.6. The van der Waals surface area contributed by atoms with Gasteiger partial charge in [-0.15, -0.1) is 0 Å². The Balaban J connectivity index is 1.84. The molecule has 21 heavy (non-hydrogen) atoms. The minimum absolute atomic E-state index is 0.00352. The van der Waals surface area contributed by atoms with Gasteiger partial charge in [0.25, 0.3) is 5.91 Å². The molecule has 2 heterocycles. The molecule has 0 spiro atoms. The molecule has 0 aliphatic carbocycles.